The van der Waals surface area contributed by atoms with Crippen molar-refractivity contribution in [1.29, 1.82) is 5.26 Å². The molecule has 0 spiro atoms. The molecule has 0 aromatic rings. The van der Waals surface area contributed by atoms with Crippen molar-refractivity contribution < 1.29 is 4.79 Å². The number of hydrogen-bond donors (Lipinski definition) is 0. The highest BCUT2D eigenvalue weighted by atomic mass is 16.2. The van der Waals surface area contributed by atoms with Crippen molar-refractivity contribution in [3.05, 3.63) is 0 Å². The van der Waals surface area contributed by atoms with E-state index in [1.165, 1.54) is 12.8 Å². The van der Waals surface area contributed by atoms with Crippen LogP contribution in [0.1, 0.15) is 32.6 Å². The maximum atomic E-state index is 11.7. The number of carbonyl (C=O) groups is 1. The fourth-order valence-corrected chi connectivity index (χ4v) is 2.73. The van der Waals surface area contributed by atoms with Gasteiger partial charge in [0.15, 0.2) is 0 Å². The van der Waals surface area contributed by atoms with Crippen LogP contribution in [0, 0.1) is 23.2 Å². The van der Waals surface area contributed by atoms with E-state index in [1.807, 2.05) is 4.90 Å². The fourth-order valence-electron chi connectivity index (χ4n) is 2.73. The normalized spacial score (nSPS) is 37.6. The number of rotatable bonds is 1. The molecule has 0 radical (unpaired) electrons. The van der Waals surface area contributed by atoms with Crippen LogP contribution in [0.5, 0.6) is 0 Å². The molecule has 3 atom stereocenters. The average Bonchev–Trinajstić information content (AvgIpc) is 2.72. The van der Waals surface area contributed by atoms with Gasteiger partial charge in [-0.05, 0) is 18.8 Å². The second-order valence-electron chi connectivity index (χ2n) is 4.55. The molecule has 1 heterocycles. The number of likely N-dealkylation sites (tertiary alicyclic amines) is 1. The molecule has 2 fully saturated rings. The van der Waals surface area contributed by atoms with Gasteiger partial charge in [-0.3, -0.25) is 4.79 Å². The third-order valence-corrected chi connectivity index (χ3v) is 3.56. The summed E-state index contributed by atoms with van der Waals surface area (Å²) in [6.07, 6.45) is 4.03. The predicted octanol–water partition coefficient (Wildman–Crippen LogP) is 1.55. The molecular formula is C11H16N2O. The minimum atomic E-state index is -0.0599. The summed E-state index contributed by atoms with van der Waals surface area (Å²) in [5.41, 5.74) is 0. The van der Waals surface area contributed by atoms with Gasteiger partial charge in [0.1, 0.15) is 0 Å². The Hall–Kier alpha value is -1.04. The van der Waals surface area contributed by atoms with E-state index in [0.717, 1.165) is 6.42 Å². The van der Waals surface area contributed by atoms with Crippen LogP contribution in [0.2, 0.25) is 0 Å². The predicted molar refractivity (Wildman–Crippen MR) is 52.2 cm³/mol. The Morgan fingerprint density at radius 1 is 1.50 bits per heavy atom. The first-order valence-corrected chi connectivity index (χ1v) is 5.41. The van der Waals surface area contributed by atoms with E-state index in [9.17, 15) is 4.79 Å². The van der Waals surface area contributed by atoms with Gasteiger partial charge < -0.3 is 4.90 Å². The molecule has 2 aliphatic rings. The molecule has 0 N–H and O–H groups in total. The van der Waals surface area contributed by atoms with Gasteiger partial charge in [-0.2, -0.15) is 5.26 Å². The lowest BCUT2D eigenvalue weighted by Crippen LogP contribution is -2.38. The molecule has 14 heavy (non-hydrogen) atoms. The van der Waals surface area contributed by atoms with E-state index in [4.69, 9.17) is 5.26 Å². The standard InChI is InChI=1S/C11H16N2O/c1-8-3-2-4-10(8)13-7-9(6-12)5-11(13)14/h8-10H,2-5,7H2,1H3. The maximum Gasteiger partial charge on any atom is 0.224 e. The molecule has 0 bridgehead atoms. The molecule has 3 nitrogen and oxygen atoms in total. The monoisotopic (exact) mass is 192 g/mol. The molecule has 3 unspecified atom stereocenters. The number of hydrogen-bond acceptors (Lipinski definition) is 2. The van der Waals surface area contributed by atoms with E-state index < -0.39 is 0 Å². The highest BCUT2D eigenvalue weighted by Crippen LogP contribution is 2.33. The fraction of sp³-hybridized carbons (Fsp3) is 0.818. The quantitative estimate of drug-likeness (QED) is 0.632. The van der Waals surface area contributed by atoms with Crippen LogP contribution in [0.3, 0.4) is 0 Å². The summed E-state index contributed by atoms with van der Waals surface area (Å²) in [7, 11) is 0. The SMILES string of the molecule is CC1CCCC1N1CC(C#N)CC1=O. The Balaban J connectivity index is 2.05. The van der Waals surface area contributed by atoms with Crippen LogP contribution in [0.15, 0.2) is 0 Å². The molecule has 2 rings (SSSR count). The topological polar surface area (TPSA) is 44.1 Å². The van der Waals surface area contributed by atoms with Crippen molar-refractivity contribution in [2.45, 2.75) is 38.6 Å². The second kappa shape index (κ2) is 3.61. The zero-order valence-electron chi connectivity index (χ0n) is 8.57. The van der Waals surface area contributed by atoms with Crippen LogP contribution < -0.4 is 0 Å². The van der Waals surface area contributed by atoms with Gasteiger partial charge in [-0.1, -0.05) is 13.3 Å². The van der Waals surface area contributed by atoms with E-state index in [2.05, 4.69) is 13.0 Å². The Kier molecular flexibility index (Phi) is 2.45. The van der Waals surface area contributed by atoms with Gasteiger partial charge >= 0.3 is 0 Å². The third-order valence-electron chi connectivity index (χ3n) is 3.56. The van der Waals surface area contributed by atoms with Crippen molar-refractivity contribution in [2.75, 3.05) is 6.54 Å². The smallest absolute Gasteiger partial charge is 0.224 e. The van der Waals surface area contributed by atoms with Crippen molar-refractivity contribution in [1.82, 2.24) is 4.90 Å². The van der Waals surface area contributed by atoms with E-state index in [0.29, 0.717) is 24.9 Å². The summed E-state index contributed by atoms with van der Waals surface area (Å²) in [6.45, 7) is 2.88. The van der Waals surface area contributed by atoms with Gasteiger partial charge in [0.25, 0.3) is 0 Å². The zero-order chi connectivity index (χ0) is 10.1. The van der Waals surface area contributed by atoms with Gasteiger partial charge in [0.05, 0.1) is 12.0 Å². The number of amides is 1. The molecule has 0 aromatic heterocycles. The summed E-state index contributed by atoms with van der Waals surface area (Å²) in [5.74, 6) is 0.752. The van der Waals surface area contributed by atoms with Crippen LogP contribution >= 0.6 is 0 Å². The molecule has 76 valence electrons. The first kappa shape index (κ1) is 9.51. The number of nitrogens with zero attached hydrogens (tertiary/aromatic N) is 2. The molecule has 1 aliphatic heterocycles. The molecule has 0 aromatic carbocycles. The van der Waals surface area contributed by atoms with E-state index >= 15 is 0 Å². The van der Waals surface area contributed by atoms with E-state index in [1.54, 1.807) is 0 Å². The lowest BCUT2D eigenvalue weighted by Gasteiger charge is -2.27. The van der Waals surface area contributed by atoms with Crippen molar-refractivity contribution >= 4 is 5.91 Å². The summed E-state index contributed by atoms with van der Waals surface area (Å²) >= 11 is 0. The maximum absolute atomic E-state index is 11.7. The van der Waals surface area contributed by atoms with Crippen molar-refractivity contribution in [3.8, 4) is 6.07 Å². The highest BCUT2D eigenvalue weighted by Gasteiger charge is 2.38. The average molecular weight is 192 g/mol. The molecule has 1 aliphatic carbocycles. The van der Waals surface area contributed by atoms with Crippen LogP contribution in [0.4, 0.5) is 0 Å². The molecule has 1 amide bonds. The van der Waals surface area contributed by atoms with Gasteiger partial charge in [-0.15, -0.1) is 0 Å². The first-order chi connectivity index (χ1) is 6.72. The minimum Gasteiger partial charge on any atom is -0.338 e. The van der Waals surface area contributed by atoms with Gasteiger partial charge in [-0.25, -0.2) is 0 Å². The summed E-state index contributed by atoms with van der Waals surface area (Å²) in [6, 6.07) is 2.62. The Morgan fingerprint density at radius 3 is 2.79 bits per heavy atom. The minimum absolute atomic E-state index is 0.0599. The van der Waals surface area contributed by atoms with E-state index in [-0.39, 0.29) is 11.8 Å². The number of nitriles is 1. The zero-order valence-corrected chi connectivity index (χ0v) is 8.57. The molecule has 3 heteroatoms. The van der Waals surface area contributed by atoms with Crippen LogP contribution in [0.25, 0.3) is 0 Å². The largest absolute Gasteiger partial charge is 0.338 e. The lowest BCUT2D eigenvalue weighted by atomic mass is 10.1. The lowest BCUT2D eigenvalue weighted by molar-refractivity contribution is -0.130. The highest BCUT2D eigenvalue weighted by molar-refractivity contribution is 5.79. The van der Waals surface area contributed by atoms with Gasteiger partial charge in [0.2, 0.25) is 5.91 Å². The second-order valence-corrected chi connectivity index (χ2v) is 4.55. The Labute approximate surface area is 84.7 Å². The Bertz CT molecular complexity index is 282. The summed E-state index contributed by atoms with van der Waals surface area (Å²) in [4.78, 5) is 13.6. The summed E-state index contributed by atoms with van der Waals surface area (Å²) < 4.78 is 0. The van der Waals surface area contributed by atoms with Crippen molar-refractivity contribution in [3.63, 3.8) is 0 Å². The Morgan fingerprint density at radius 2 is 2.29 bits per heavy atom. The third kappa shape index (κ3) is 1.50. The first-order valence-electron chi connectivity index (χ1n) is 5.41. The molecular weight excluding hydrogens is 176 g/mol. The molecule has 1 saturated heterocycles. The molecule has 1 saturated carbocycles. The van der Waals surface area contributed by atoms with Gasteiger partial charge in [0, 0.05) is 19.0 Å². The summed E-state index contributed by atoms with van der Waals surface area (Å²) in [5, 5.41) is 8.78. The van der Waals surface area contributed by atoms with Crippen LogP contribution in [-0.4, -0.2) is 23.4 Å². The number of carbonyl (C=O) groups excluding carboxylic acids is 1. The van der Waals surface area contributed by atoms with Crippen LogP contribution in [-0.2, 0) is 4.79 Å². The van der Waals surface area contributed by atoms with Crippen molar-refractivity contribution in [2.24, 2.45) is 11.8 Å².